The van der Waals surface area contributed by atoms with Gasteiger partial charge in [0.25, 0.3) is 5.69 Å². The summed E-state index contributed by atoms with van der Waals surface area (Å²) in [6, 6.07) is 1.10. The van der Waals surface area contributed by atoms with Crippen molar-refractivity contribution in [3.63, 3.8) is 0 Å². The number of nitro benzene ring substituents is 1. The molecule has 1 rings (SSSR count). The summed E-state index contributed by atoms with van der Waals surface area (Å²) >= 11 is 0. The Kier molecular flexibility index (Phi) is 3.44. The zero-order valence-electron chi connectivity index (χ0n) is 8.82. The molecule has 1 aromatic rings. The third-order valence-electron chi connectivity index (χ3n) is 2.04. The lowest BCUT2D eigenvalue weighted by atomic mass is 10.0. The number of carboxylic acid groups (broad SMARTS) is 1. The first-order chi connectivity index (χ1) is 8.18. The number of carbonyl (C=O) groups is 1. The van der Waals surface area contributed by atoms with Gasteiger partial charge in [0.1, 0.15) is 11.3 Å². The highest BCUT2D eigenvalue weighted by Gasteiger charge is 2.43. The van der Waals surface area contributed by atoms with E-state index in [2.05, 4.69) is 4.74 Å². The molecule has 0 amide bonds. The summed E-state index contributed by atoms with van der Waals surface area (Å²) in [6.07, 6.45) is -5.15. The molecule has 0 radical (unpaired) electrons. The molecule has 0 unspecified atom stereocenters. The van der Waals surface area contributed by atoms with Crippen molar-refractivity contribution in [1.82, 2.24) is 0 Å². The molecule has 0 aliphatic rings. The Morgan fingerprint density at radius 2 is 2.00 bits per heavy atom. The third kappa shape index (κ3) is 2.50. The average Bonchev–Trinajstić information content (AvgIpc) is 2.25. The average molecular weight is 265 g/mol. The van der Waals surface area contributed by atoms with E-state index < -0.39 is 33.9 Å². The van der Waals surface area contributed by atoms with Gasteiger partial charge in [0, 0.05) is 0 Å². The number of nitrogens with zero attached hydrogens (tertiary/aromatic N) is 1. The quantitative estimate of drug-likeness (QED) is 0.669. The number of hydrogen-bond donors (Lipinski definition) is 1. The van der Waals surface area contributed by atoms with E-state index in [-0.39, 0.29) is 5.75 Å². The topological polar surface area (TPSA) is 89.7 Å². The minimum Gasteiger partial charge on any atom is -0.496 e. The van der Waals surface area contributed by atoms with Gasteiger partial charge in [0.15, 0.2) is 0 Å². The van der Waals surface area contributed by atoms with Crippen molar-refractivity contribution in [2.75, 3.05) is 7.11 Å². The lowest BCUT2D eigenvalue weighted by Gasteiger charge is -2.12. The fourth-order valence-electron chi connectivity index (χ4n) is 1.33. The molecule has 0 spiro atoms. The lowest BCUT2D eigenvalue weighted by Crippen LogP contribution is -2.16. The number of rotatable bonds is 3. The molecule has 0 saturated carbocycles. The van der Waals surface area contributed by atoms with E-state index in [1.54, 1.807) is 0 Å². The number of ether oxygens (including phenoxy) is 1. The van der Waals surface area contributed by atoms with Crippen LogP contribution in [-0.4, -0.2) is 23.1 Å². The molecule has 0 heterocycles. The molecular weight excluding hydrogens is 259 g/mol. The van der Waals surface area contributed by atoms with Gasteiger partial charge in [-0.1, -0.05) is 0 Å². The van der Waals surface area contributed by atoms with Crippen LogP contribution in [0.4, 0.5) is 18.9 Å². The highest BCUT2D eigenvalue weighted by Crippen LogP contribution is 2.40. The second-order valence-corrected chi connectivity index (χ2v) is 3.13. The van der Waals surface area contributed by atoms with E-state index in [4.69, 9.17) is 5.11 Å². The third-order valence-corrected chi connectivity index (χ3v) is 2.04. The van der Waals surface area contributed by atoms with Crippen molar-refractivity contribution in [3.05, 3.63) is 33.4 Å². The molecule has 1 N–H and O–H groups in total. The van der Waals surface area contributed by atoms with Gasteiger partial charge in [0.2, 0.25) is 0 Å². The van der Waals surface area contributed by atoms with Gasteiger partial charge < -0.3 is 9.84 Å². The van der Waals surface area contributed by atoms with Crippen molar-refractivity contribution in [3.8, 4) is 5.75 Å². The maximum atomic E-state index is 12.7. The minimum atomic E-state index is -5.15. The van der Waals surface area contributed by atoms with E-state index in [1.165, 1.54) is 0 Å². The number of nitro groups is 1. The van der Waals surface area contributed by atoms with E-state index >= 15 is 0 Å². The van der Waals surface area contributed by atoms with Gasteiger partial charge in [-0.2, -0.15) is 13.2 Å². The normalized spacial score (nSPS) is 11.1. The molecule has 0 aliphatic heterocycles. The first kappa shape index (κ1) is 13.7. The highest BCUT2D eigenvalue weighted by atomic mass is 19.4. The van der Waals surface area contributed by atoms with Crippen LogP contribution in [0.15, 0.2) is 12.1 Å². The van der Waals surface area contributed by atoms with Gasteiger partial charge in [-0.25, -0.2) is 4.79 Å². The molecule has 0 aliphatic carbocycles. The van der Waals surface area contributed by atoms with E-state index in [0.717, 1.165) is 7.11 Å². The summed E-state index contributed by atoms with van der Waals surface area (Å²) in [5, 5.41) is 19.2. The van der Waals surface area contributed by atoms with Crippen LogP contribution in [0.25, 0.3) is 0 Å². The van der Waals surface area contributed by atoms with Crippen LogP contribution in [0.5, 0.6) is 5.75 Å². The van der Waals surface area contributed by atoms with Crippen molar-refractivity contribution >= 4 is 11.7 Å². The Labute approximate surface area is 97.7 Å². The monoisotopic (exact) mass is 265 g/mol. The molecule has 0 saturated heterocycles. The standard InChI is InChI=1S/C9H6F3NO5/c1-18-4-2-5(8(14)15)7(9(10,11)12)6(3-4)13(16)17/h2-3H,1H3,(H,14,15). The zero-order valence-corrected chi connectivity index (χ0v) is 8.82. The number of benzene rings is 1. The second kappa shape index (κ2) is 4.51. The van der Waals surface area contributed by atoms with Crippen molar-refractivity contribution in [2.24, 2.45) is 0 Å². The predicted octanol–water partition coefficient (Wildman–Crippen LogP) is 2.32. The van der Waals surface area contributed by atoms with Crippen LogP contribution in [0.1, 0.15) is 15.9 Å². The number of aromatic carboxylic acids is 1. The number of carboxylic acids is 1. The van der Waals surface area contributed by atoms with Crippen LogP contribution in [0, 0.1) is 10.1 Å². The van der Waals surface area contributed by atoms with Crippen LogP contribution in [0.2, 0.25) is 0 Å². The largest absolute Gasteiger partial charge is 0.496 e. The van der Waals surface area contributed by atoms with Crippen LogP contribution in [0.3, 0.4) is 0 Å². The Morgan fingerprint density at radius 3 is 2.33 bits per heavy atom. The molecule has 9 heteroatoms. The number of hydrogen-bond acceptors (Lipinski definition) is 4. The van der Waals surface area contributed by atoms with Gasteiger partial charge in [-0.05, 0) is 6.07 Å². The number of alkyl halides is 3. The Hall–Kier alpha value is -2.32. The highest BCUT2D eigenvalue weighted by molar-refractivity contribution is 5.91. The van der Waals surface area contributed by atoms with E-state index in [9.17, 15) is 28.1 Å². The number of halogens is 3. The maximum absolute atomic E-state index is 12.7. The molecule has 18 heavy (non-hydrogen) atoms. The molecule has 0 aromatic heterocycles. The molecule has 6 nitrogen and oxygen atoms in total. The summed E-state index contributed by atoms with van der Waals surface area (Å²) in [5.74, 6) is -2.27. The first-order valence-electron chi connectivity index (χ1n) is 4.35. The second-order valence-electron chi connectivity index (χ2n) is 3.13. The Bertz CT molecular complexity index is 476. The first-order valence-corrected chi connectivity index (χ1v) is 4.35. The SMILES string of the molecule is COc1cc(C(=O)O)c(C(F)(F)F)c([N+](=O)[O-])c1. The van der Waals surface area contributed by atoms with Crippen LogP contribution in [-0.2, 0) is 6.18 Å². The molecule has 1 aromatic carbocycles. The number of methoxy groups -OCH3 is 1. The van der Waals surface area contributed by atoms with Crippen molar-refractivity contribution in [2.45, 2.75) is 6.18 Å². The van der Waals surface area contributed by atoms with Gasteiger partial charge in [-0.3, -0.25) is 10.1 Å². The minimum absolute atomic E-state index is 0.341. The predicted molar refractivity (Wildman–Crippen MR) is 51.6 cm³/mol. The van der Waals surface area contributed by atoms with Gasteiger partial charge in [0.05, 0.1) is 23.7 Å². The maximum Gasteiger partial charge on any atom is 0.423 e. The van der Waals surface area contributed by atoms with Crippen molar-refractivity contribution < 1.29 is 32.7 Å². The molecule has 0 bridgehead atoms. The van der Waals surface area contributed by atoms with Crippen molar-refractivity contribution in [1.29, 1.82) is 0 Å². The zero-order chi connectivity index (χ0) is 14.1. The van der Waals surface area contributed by atoms with Crippen LogP contribution >= 0.6 is 0 Å². The van der Waals surface area contributed by atoms with Gasteiger partial charge >= 0.3 is 12.1 Å². The summed E-state index contributed by atoms with van der Waals surface area (Å²) in [5.41, 5.74) is -4.39. The molecule has 0 atom stereocenters. The molecular formula is C9H6F3NO5. The van der Waals surface area contributed by atoms with Crippen LogP contribution < -0.4 is 4.74 Å². The molecule has 98 valence electrons. The smallest absolute Gasteiger partial charge is 0.423 e. The summed E-state index contributed by atoms with van der Waals surface area (Å²) < 4.78 is 42.5. The fourth-order valence-corrected chi connectivity index (χ4v) is 1.33. The summed E-state index contributed by atoms with van der Waals surface area (Å²) in [6.45, 7) is 0. The summed E-state index contributed by atoms with van der Waals surface area (Å²) in [4.78, 5) is 20.0. The Balaban J connectivity index is 3.72. The van der Waals surface area contributed by atoms with E-state index in [0.29, 0.717) is 12.1 Å². The lowest BCUT2D eigenvalue weighted by molar-refractivity contribution is -0.388. The Morgan fingerprint density at radius 1 is 1.44 bits per heavy atom. The summed E-state index contributed by atoms with van der Waals surface area (Å²) in [7, 11) is 1.05. The van der Waals surface area contributed by atoms with E-state index in [1.807, 2.05) is 0 Å². The fraction of sp³-hybridized carbons (Fsp3) is 0.222. The van der Waals surface area contributed by atoms with Gasteiger partial charge in [-0.15, -0.1) is 0 Å². The molecule has 0 fully saturated rings.